The Balaban J connectivity index is 2.00. The van der Waals surface area contributed by atoms with Crippen molar-refractivity contribution in [3.8, 4) is 0 Å². The highest BCUT2D eigenvalue weighted by Gasteiger charge is 2.43. The lowest BCUT2D eigenvalue weighted by Gasteiger charge is -2.37. The maximum atomic E-state index is 12.4. The Morgan fingerprint density at radius 1 is 1.00 bits per heavy atom. The second kappa shape index (κ2) is 6.59. The molecular formula is C16H27NO3. The van der Waals surface area contributed by atoms with Crippen LogP contribution in [0.5, 0.6) is 0 Å². The number of rotatable bonds is 3. The summed E-state index contributed by atoms with van der Waals surface area (Å²) in [5.41, 5.74) is -1.00. The SMILES string of the molecule is CC1CCC(NC(=O)C2CCCCCC2)(C(=O)O)CC1. The highest BCUT2D eigenvalue weighted by atomic mass is 16.4. The normalized spacial score (nSPS) is 32.4. The van der Waals surface area contributed by atoms with E-state index in [-0.39, 0.29) is 11.8 Å². The van der Waals surface area contributed by atoms with E-state index < -0.39 is 11.5 Å². The van der Waals surface area contributed by atoms with Gasteiger partial charge in [-0.05, 0) is 44.4 Å². The van der Waals surface area contributed by atoms with Crippen LogP contribution < -0.4 is 5.32 Å². The second-order valence-corrected chi connectivity index (χ2v) is 6.75. The first-order chi connectivity index (χ1) is 9.53. The smallest absolute Gasteiger partial charge is 0.329 e. The second-order valence-electron chi connectivity index (χ2n) is 6.75. The van der Waals surface area contributed by atoms with Gasteiger partial charge in [0.1, 0.15) is 5.54 Å². The lowest BCUT2D eigenvalue weighted by Crippen LogP contribution is -2.57. The molecule has 2 fully saturated rings. The molecule has 0 bridgehead atoms. The zero-order valence-electron chi connectivity index (χ0n) is 12.5. The van der Waals surface area contributed by atoms with Crippen LogP contribution in [0.25, 0.3) is 0 Å². The van der Waals surface area contributed by atoms with Gasteiger partial charge in [-0.2, -0.15) is 0 Å². The standard InChI is InChI=1S/C16H27NO3/c1-12-8-10-16(11-9-12,15(19)20)17-14(18)13-6-4-2-3-5-7-13/h12-13H,2-11H2,1H3,(H,17,18)(H,19,20). The molecule has 2 N–H and O–H groups in total. The molecule has 0 aromatic carbocycles. The van der Waals surface area contributed by atoms with Crippen molar-refractivity contribution in [2.45, 2.75) is 76.7 Å². The van der Waals surface area contributed by atoms with Crippen LogP contribution >= 0.6 is 0 Å². The first-order valence-electron chi connectivity index (χ1n) is 8.09. The molecule has 1 amide bonds. The van der Waals surface area contributed by atoms with Gasteiger partial charge >= 0.3 is 5.97 Å². The van der Waals surface area contributed by atoms with Crippen LogP contribution in [-0.2, 0) is 9.59 Å². The van der Waals surface area contributed by atoms with Gasteiger partial charge in [-0.25, -0.2) is 4.79 Å². The summed E-state index contributed by atoms with van der Waals surface area (Å²) in [6, 6.07) is 0. The molecule has 0 atom stereocenters. The lowest BCUT2D eigenvalue weighted by molar-refractivity contribution is -0.150. The molecule has 0 aromatic heterocycles. The number of carbonyl (C=O) groups excluding carboxylic acids is 1. The third-order valence-electron chi connectivity index (χ3n) is 5.13. The third-order valence-corrected chi connectivity index (χ3v) is 5.13. The topological polar surface area (TPSA) is 66.4 Å². The van der Waals surface area contributed by atoms with Crippen LogP contribution in [0.15, 0.2) is 0 Å². The molecular weight excluding hydrogens is 254 g/mol. The van der Waals surface area contributed by atoms with E-state index >= 15 is 0 Å². The largest absolute Gasteiger partial charge is 0.480 e. The van der Waals surface area contributed by atoms with Gasteiger partial charge in [-0.3, -0.25) is 4.79 Å². The zero-order valence-corrected chi connectivity index (χ0v) is 12.5. The van der Waals surface area contributed by atoms with Gasteiger partial charge in [-0.15, -0.1) is 0 Å². The van der Waals surface area contributed by atoms with Crippen molar-refractivity contribution in [3.63, 3.8) is 0 Å². The van der Waals surface area contributed by atoms with Gasteiger partial charge in [0.2, 0.25) is 5.91 Å². The number of amides is 1. The van der Waals surface area contributed by atoms with Crippen molar-refractivity contribution in [2.75, 3.05) is 0 Å². The molecule has 0 unspecified atom stereocenters. The van der Waals surface area contributed by atoms with E-state index in [2.05, 4.69) is 12.2 Å². The minimum absolute atomic E-state index is 0.0214. The Morgan fingerprint density at radius 2 is 1.55 bits per heavy atom. The van der Waals surface area contributed by atoms with Gasteiger partial charge in [0, 0.05) is 5.92 Å². The number of hydrogen-bond acceptors (Lipinski definition) is 2. The predicted molar refractivity (Wildman–Crippen MR) is 77.3 cm³/mol. The summed E-state index contributed by atoms with van der Waals surface area (Å²) in [4.78, 5) is 24.1. The predicted octanol–water partition coefficient (Wildman–Crippen LogP) is 3.11. The van der Waals surface area contributed by atoms with E-state index in [1.165, 1.54) is 12.8 Å². The van der Waals surface area contributed by atoms with E-state index in [4.69, 9.17) is 0 Å². The molecule has 114 valence electrons. The van der Waals surface area contributed by atoms with Crippen molar-refractivity contribution >= 4 is 11.9 Å². The molecule has 2 saturated carbocycles. The molecule has 2 aliphatic rings. The highest BCUT2D eigenvalue weighted by Crippen LogP contribution is 2.33. The molecule has 0 radical (unpaired) electrons. The molecule has 0 aliphatic heterocycles. The summed E-state index contributed by atoms with van der Waals surface area (Å²) >= 11 is 0. The minimum atomic E-state index is -1.00. The van der Waals surface area contributed by atoms with Crippen molar-refractivity contribution in [3.05, 3.63) is 0 Å². The summed E-state index contributed by atoms with van der Waals surface area (Å²) in [7, 11) is 0. The maximum Gasteiger partial charge on any atom is 0.329 e. The molecule has 0 saturated heterocycles. The molecule has 0 heterocycles. The fourth-order valence-corrected chi connectivity index (χ4v) is 3.53. The Morgan fingerprint density at radius 3 is 2.05 bits per heavy atom. The van der Waals surface area contributed by atoms with E-state index in [9.17, 15) is 14.7 Å². The van der Waals surface area contributed by atoms with Crippen molar-refractivity contribution in [1.82, 2.24) is 5.32 Å². The van der Waals surface area contributed by atoms with E-state index in [1.807, 2.05) is 0 Å². The Labute approximate surface area is 121 Å². The van der Waals surface area contributed by atoms with Crippen molar-refractivity contribution in [2.24, 2.45) is 11.8 Å². The Hall–Kier alpha value is -1.06. The first kappa shape index (κ1) is 15.3. The van der Waals surface area contributed by atoms with Gasteiger partial charge in [-0.1, -0.05) is 32.6 Å². The highest BCUT2D eigenvalue weighted by molar-refractivity contribution is 5.88. The van der Waals surface area contributed by atoms with Crippen molar-refractivity contribution < 1.29 is 14.7 Å². The number of hydrogen-bond donors (Lipinski definition) is 2. The van der Waals surface area contributed by atoms with Gasteiger partial charge < -0.3 is 10.4 Å². The molecule has 0 aromatic rings. The summed E-state index contributed by atoms with van der Waals surface area (Å²) in [6.45, 7) is 2.15. The van der Waals surface area contributed by atoms with Crippen LogP contribution in [0.4, 0.5) is 0 Å². The summed E-state index contributed by atoms with van der Waals surface area (Å²) in [6.07, 6.45) is 9.33. The van der Waals surface area contributed by atoms with E-state index in [0.29, 0.717) is 18.8 Å². The van der Waals surface area contributed by atoms with Crippen LogP contribution in [0.2, 0.25) is 0 Å². The Kier molecular flexibility index (Phi) is 5.06. The number of carboxylic acids is 1. The van der Waals surface area contributed by atoms with Gasteiger partial charge in [0.25, 0.3) is 0 Å². The lowest BCUT2D eigenvalue weighted by atomic mass is 9.76. The molecule has 4 heteroatoms. The number of aliphatic carboxylic acids is 1. The van der Waals surface area contributed by atoms with Crippen LogP contribution in [0.3, 0.4) is 0 Å². The van der Waals surface area contributed by atoms with Gasteiger partial charge in [0.05, 0.1) is 0 Å². The quantitative estimate of drug-likeness (QED) is 0.781. The monoisotopic (exact) mass is 281 g/mol. The van der Waals surface area contributed by atoms with Crippen LogP contribution in [0.1, 0.15) is 71.1 Å². The number of carboxylic acid groups (broad SMARTS) is 1. The Bertz CT molecular complexity index is 351. The van der Waals surface area contributed by atoms with E-state index in [0.717, 1.165) is 38.5 Å². The molecule has 0 spiro atoms. The van der Waals surface area contributed by atoms with E-state index in [1.54, 1.807) is 0 Å². The summed E-state index contributed by atoms with van der Waals surface area (Å²) in [5.74, 6) is -0.291. The first-order valence-corrected chi connectivity index (χ1v) is 8.09. The molecule has 2 aliphatic carbocycles. The zero-order chi connectivity index (χ0) is 14.6. The summed E-state index contributed by atoms with van der Waals surface area (Å²) in [5, 5.41) is 12.5. The summed E-state index contributed by atoms with van der Waals surface area (Å²) < 4.78 is 0. The molecule has 20 heavy (non-hydrogen) atoms. The average Bonchev–Trinajstić information content (AvgIpc) is 2.70. The maximum absolute atomic E-state index is 12.4. The van der Waals surface area contributed by atoms with Gasteiger partial charge in [0.15, 0.2) is 0 Å². The van der Waals surface area contributed by atoms with Crippen LogP contribution in [-0.4, -0.2) is 22.5 Å². The average molecular weight is 281 g/mol. The van der Waals surface area contributed by atoms with Crippen LogP contribution in [0, 0.1) is 11.8 Å². The fraction of sp³-hybridized carbons (Fsp3) is 0.875. The third kappa shape index (κ3) is 3.53. The minimum Gasteiger partial charge on any atom is -0.480 e. The molecule has 4 nitrogen and oxygen atoms in total. The number of nitrogens with one attached hydrogen (secondary N) is 1. The fourth-order valence-electron chi connectivity index (χ4n) is 3.53. The molecule has 2 rings (SSSR count). The number of carbonyl (C=O) groups is 2. The van der Waals surface area contributed by atoms with Crippen molar-refractivity contribution in [1.29, 1.82) is 0 Å².